The zero-order valence-electron chi connectivity index (χ0n) is 27.9. The molecule has 0 amide bonds. The molecule has 52 heavy (non-hydrogen) atoms. The van der Waals surface area contributed by atoms with Crippen LogP contribution in [-0.4, -0.2) is 19.9 Å². The highest BCUT2D eigenvalue weighted by Gasteiger charge is 2.28. The summed E-state index contributed by atoms with van der Waals surface area (Å²) in [6, 6.07) is 57.4. The SMILES string of the molecule is c1cc(-c2ccncc2)cc(N2c3ccccc3Sc3c(-c4nc(-c5ccc6ccccc6c5)nc(-c5ccc6ccccc6c5)n4)cccc32)c1. The van der Waals surface area contributed by atoms with Crippen LogP contribution in [0.5, 0.6) is 0 Å². The summed E-state index contributed by atoms with van der Waals surface area (Å²) < 4.78 is 0. The number of nitrogens with zero attached hydrogens (tertiary/aromatic N) is 5. The Morgan fingerprint density at radius 2 is 1.00 bits per heavy atom. The summed E-state index contributed by atoms with van der Waals surface area (Å²) in [6.45, 7) is 0. The van der Waals surface area contributed by atoms with E-state index in [0.717, 1.165) is 65.4 Å². The van der Waals surface area contributed by atoms with Crippen molar-refractivity contribution in [3.63, 3.8) is 0 Å². The third-order valence-corrected chi connectivity index (χ3v) is 10.8. The molecular weight excluding hydrogens is 655 g/mol. The van der Waals surface area contributed by atoms with E-state index in [1.165, 1.54) is 10.8 Å². The molecule has 7 aromatic carbocycles. The van der Waals surface area contributed by atoms with Gasteiger partial charge >= 0.3 is 0 Å². The van der Waals surface area contributed by atoms with Crippen molar-refractivity contribution in [2.75, 3.05) is 4.90 Å². The van der Waals surface area contributed by atoms with Gasteiger partial charge in [0.2, 0.25) is 0 Å². The Morgan fingerprint density at radius 3 is 1.71 bits per heavy atom. The molecule has 2 aromatic heterocycles. The lowest BCUT2D eigenvalue weighted by Crippen LogP contribution is -2.15. The maximum atomic E-state index is 5.22. The Kier molecular flexibility index (Phi) is 7.32. The maximum Gasteiger partial charge on any atom is 0.165 e. The molecule has 0 bridgehead atoms. The van der Waals surface area contributed by atoms with Crippen molar-refractivity contribution in [3.8, 4) is 45.3 Å². The molecule has 0 fully saturated rings. The van der Waals surface area contributed by atoms with Gasteiger partial charge in [0.05, 0.1) is 11.4 Å². The molecule has 0 saturated heterocycles. The van der Waals surface area contributed by atoms with Crippen LogP contribution in [0, 0.1) is 0 Å². The lowest BCUT2D eigenvalue weighted by Gasteiger charge is -2.34. The third-order valence-electron chi connectivity index (χ3n) is 9.56. The highest BCUT2D eigenvalue weighted by atomic mass is 32.2. The second-order valence-corrected chi connectivity index (χ2v) is 13.8. The largest absolute Gasteiger partial charge is 0.308 e. The third kappa shape index (κ3) is 5.37. The maximum absolute atomic E-state index is 5.22. The predicted molar refractivity (Wildman–Crippen MR) is 213 cm³/mol. The van der Waals surface area contributed by atoms with Gasteiger partial charge in [-0.1, -0.05) is 115 Å². The Labute approximate surface area is 305 Å². The smallest absolute Gasteiger partial charge is 0.165 e. The second-order valence-electron chi connectivity index (χ2n) is 12.8. The van der Waals surface area contributed by atoms with Crippen molar-refractivity contribution < 1.29 is 0 Å². The van der Waals surface area contributed by atoms with E-state index >= 15 is 0 Å². The molecule has 3 heterocycles. The van der Waals surface area contributed by atoms with Gasteiger partial charge in [-0.3, -0.25) is 4.98 Å². The molecule has 1 aliphatic rings. The second kappa shape index (κ2) is 12.6. The summed E-state index contributed by atoms with van der Waals surface area (Å²) in [5.41, 5.74) is 8.39. The molecule has 6 heteroatoms. The first-order valence-corrected chi connectivity index (χ1v) is 18.0. The van der Waals surface area contributed by atoms with Crippen molar-refractivity contribution in [1.29, 1.82) is 0 Å². The summed E-state index contributed by atoms with van der Waals surface area (Å²) in [6.07, 6.45) is 3.67. The summed E-state index contributed by atoms with van der Waals surface area (Å²) >= 11 is 1.76. The molecule has 0 radical (unpaired) electrons. The van der Waals surface area contributed by atoms with Crippen LogP contribution in [0.4, 0.5) is 17.1 Å². The zero-order valence-corrected chi connectivity index (χ0v) is 28.7. The molecule has 0 N–H and O–H groups in total. The molecule has 9 aromatic rings. The lowest BCUT2D eigenvalue weighted by molar-refractivity contribution is 1.06. The zero-order chi connectivity index (χ0) is 34.4. The van der Waals surface area contributed by atoms with E-state index in [4.69, 9.17) is 15.0 Å². The van der Waals surface area contributed by atoms with Crippen LogP contribution in [0.25, 0.3) is 66.8 Å². The fourth-order valence-corrected chi connectivity index (χ4v) is 8.17. The normalized spacial score (nSPS) is 12.1. The van der Waals surface area contributed by atoms with E-state index in [2.05, 4.69) is 162 Å². The van der Waals surface area contributed by atoms with E-state index in [0.29, 0.717) is 17.5 Å². The van der Waals surface area contributed by atoms with Crippen LogP contribution in [0.15, 0.2) is 186 Å². The molecule has 0 spiro atoms. The van der Waals surface area contributed by atoms with Crippen molar-refractivity contribution in [2.45, 2.75) is 9.79 Å². The molecule has 0 aliphatic carbocycles. The topological polar surface area (TPSA) is 54.8 Å². The Hall–Kier alpha value is -6.63. The number of anilines is 3. The molecule has 10 rings (SSSR count). The average molecular weight is 684 g/mol. The summed E-state index contributed by atoms with van der Waals surface area (Å²) in [7, 11) is 0. The summed E-state index contributed by atoms with van der Waals surface area (Å²) in [4.78, 5) is 24.4. The van der Waals surface area contributed by atoms with Gasteiger partial charge in [-0.05, 0) is 93.3 Å². The monoisotopic (exact) mass is 683 g/mol. The Bertz CT molecular complexity index is 2700. The fraction of sp³-hybridized carbons (Fsp3) is 0. The predicted octanol–water partition coefficient (Wildman–Crippen LogP) is 12.2. The summed E-state index contributed by atoms with van der Waals surface area (Å²) in [5, 5.41) is 4.64. The Morgan fingerprint density at radius 1 is 0.404 bits per heavy atom. The van der Waals surface area contributed by atoms with Gasteiger partial charge in [-0.25, -0.2) is 15.0 Å². The first-order valence-electron chi connectivity index (χ1n) is 17.2. The van der Waals surface area contributed by atoms with Crippen molar-refractivity contribution in [1.82, 2.24) is 19.9 Å². The van der Waals surface area contributed by atoms with Crippen LogP contribution in [0.2, 0.25) is 0 Å². The van der Waals surface area contributed by atoms with E-state index in [1.54, 1.807) is 11.8 Å². The van der Waals surface area contributed by atoms with Crippen molar-refractivity contribution >= 4 is 50.4 Å². The van der Waals surface area contributed by atoms with Gasteiger partial charge in [0.25, 0.3) is 0 Å². The number of pyridine rings is 1. The van der Waals surface area contributed by atoms with Crippen molar-refractivity contribution in [3.05, 3.63) is 176 Å². The lowest BCUT2D eigenvalue weighted by atomic mass is 10.0. The number of fused-ring (bicyclic) bond motifs is 4. The van der Waals surface area contributed by atoms with Gasteiger partial charge < -0.3 is 4.90 Å². The van der Waals surface area contributed by atoms with E-state index in [9.17, 15) is 0 Å². The molecule has 244 valence electrons. The number of benzene rings is 7. The van der Waals surface area contributed by atoms with Crippen LogP contribution in [0.3, 0.4) is 0 Å². The number of para-hydroxylation sites is 1. The first kappa shape index (κ1) is 30.2. The van der Waals surface area contributed by atoms with E-state index in [-0.39, 0.29) is 0 Å². The average Bonchev–Trinajstić information content (AvgIpc) is 3.22. The van der Waals surface area contributed by atoms with E-state index < -0.39 is 0 Å². The molecule has 5 nitrogen and oxygen atoms in total. The van der Waals surface area contributed by atoms with Gasteiger partial charge in [0.1, 0.15) is 0 Å². The molecule has 0 atom stereocenters. The van der Waals surface area contributed by atoms with Crippen LogP contribution < -0.4 is 4.90 Å². The van der Waals surface area contributed by atoms with Gasteiger partial charge in [0.15, 0.2) is 17.5 Å². The number of rotatable bonds is 5. The quantitative estimate of drug-likeness (QED) is 0.180. The molecular formula is C46H29N5S. The van der Waals surface area contributed by atoms with E-state index in [1.807, 2.05) is 24.5 Å². The Balaban J connectivity index is 1.17. The standard InChI is InChI=1S/C46H29N5S/c1-3-11-33-27-36(21-19-30(33)9-1)44-48-45(37-22-20-31-10-2-4-12-34(31)28-37)50-46(49-44)39-15-8-17-41-43(39)52-42-18-6-5-16-40(42)51(41)38-14-7-13-35(29-38)32-23-25-47-26-24-32/h1-29H. The first-order chi connectivity index (χ1) is 25.7. The highest BCUT2D eigenvalue weighted by Crippen LogP contribution is 2.54. The van der Waals surface area contributed by atoms with Crippen molar-refractivity contribution in [2.24, 2.45) is 0 Å². The minimum Gasteiger partial charge on any atom is -0.308 e. The minimum atomic E-state index is 0.635. The molecule has 0 saturated carbocycles. The molecule has 1 aliphatic heterocycles. The van der Waals surface area contributed by atoms with Gasteiger partial charge in [0, 0.05) is 44.6 Å². The van der Waals surface area contributed by atoms with Crippen LogP contribution >= 0.6 is 11.8 Å². The number of hydrogen-bond donors (Lipinski definition) is 0. The highest BCUT2D eigenvalue weighted by molar-refractivity contribution is 8.00. The fourth-order valence-electron chi connectivity index (χ4n) is 7.01. The van der Waals surface area contributed by atoms with Crippen LogP contribution in [0.1, 0.15) is 0 Å². The minimum absolute atomic E-state index is 0.635. The van der Waals surface area contributed by atoms with Gasteiger partial charge in [-0.2, -0.15) is 0 Å². The van der Waals surface area contributed by atoms with Crippen LogP contribution in [-0.2, 0) is 0 Å². The molecule has 0 unspecified atom stereocenters. The van der Waals surface area contributed by atoms with Gasteiger partial charge in [-0.15, -0.1) is 0 Å². The summed E-state index contributed by atoms with van der Waals surface area (Å²) in [5.74, 6) is 1.91. The number of hydrogen-bond acceptors (Lipinski definition) is 6. The number of aromatic nitrogens is 4.